The van der Waals surface area contributed by atoms with Crippen molar-refractivity contribution < 1.29 is 9.31 Å². The van der Waals surface area contributed by atoms with Crippen molar-refractivity contribution in [3.8, 4) is 0 Å². The minimum absolute atomic E-state index is 0.249. The lowest BCUT2D eigenvalue weighted by atomic mass is 10.2. The summed E-state index contributed by atoms with van der Waals surface area (Å²) < 4.78 is 13.3. The van der Waals surface area contributed by atoms with E-state index in [2.05, 4.69) is 10.2 Å². The van der Waals surface area contributed by atoms with Gasteiger partial charge in [0.05, 0.1) is 4.92 Å². The van der Waals surface area contributed by atoms with Crippen LogP contribution in [0.2, 0.25) is 0 Å². The van der Waals surface area contributed by atoms with Crippen LogP contribution in [0.3, 0.4) is 0 Å². The lowest BCUT2D eigenvalue weighted by molar-refractivity contribution is -0.386. The normalized spacial score (nSPS) is 15.8. The highest BCUT2D eigenvalue weighted by Crippen LogP contribution is 2.26. The Morgan fingerprint density at radius 2 is 2.11 bits per heavy atom. The summed E-state index contributed by atoms with van der Waals surface area (Å²) in [5.41, 5.74) is -0.224. The van der Waals surface area contributed by atoms with Crippen LogP contribution in [0.1, 0.15) is 12.8 Å². The quantitative estimate of drug-likeness (QED) is 0.646. The van der Waals surface area contributed by atoms with Crippen LogP contribution in [0.25, 0.3) is 0 Å². The number of anilines is 1. The lowest BCUT2D eigenvalue weighted by Gasteiger charge is -2.15. The molecule has 6 heteroatoms. The molecule has 1 fully saturated rings. The number of hydrogen-bond donors (Lipinski definition) is 1. The van der Waals surface area contributed by atoms with Gasteiger partial charge in [0, 0.05) is 13.1 Å². The van der Waals surface area contributed by atoms with Crippen LogP contribution in [-0.4, -0.2) is 36.0 Å². The monoisotopic (exact) mass is 253 g/mol. The smallest absolute Gasteiger partial charge is 0.327 e. The van der Waals surface area contributed by atoms with Gasteiger partial charge in [-0.2, -0.15) is 4.39 Å². The predicted octanol–water partition coefficient (Wildman–Crippen LogP) is 2.24. The van der Waals surface area contributed by atoms with E-state index in [-0.39, 0.29) is 5.69 Å². The Labute approximate surface area is 105 Å². The second kappa shape index (κ2) is 5.77. The van der Waals surface area contributed by atoms with Crippen molar-refractivity contribution in [2.75, 3.05) is 31.5 Å². The fourth-order valence-electron chi connectivity index (χ4n) is 2.20. The molecular weight excluding hydrogens is 237 g/mol. The number of nitrogens with zero attached hydrogens (tertiary/aromatic N) is 2. The Hall–Kier alpha value is -1.69. The Morgan fingerprint density at radius 3 is 2.78 bits per heavy atom. The number of rotatable bonds is 5. The molecule has 1 saturated heterocycles. The molecule has 5 nitrogen and oxygen atoms in total. The number of hydrogen-bond acceptors (Lipinski definition) is 4. The molecule has 2 rings (SSSR count). The molecule has 0 aliphatic carbocycles. The van der Waals surface area contributed by atoms with Gasteiger partial charge >= 0.3 is 5.69 Å². The molecule has 1 heterocycles. The second-order valence-electron chi connectivity index (χ2n) is 4.37. The van der Waals surface area contributed by atoms with Gasteiger partial charge in [-0.15, -0.1) is 0 Å². The molecule has 1 aliphatic rings. The van der Waals surface area contributed by atoms with E-state index in [0.29, 0.717) is 6.54 Å². The highest BCUT2D eigenvalue weighted by Gasteiger charge is 2.19. The first-order chi connectivity index (χ1) is 8.68. The number of benzene rings is 1. The summed E-state index contributed by atoms with van der Waals surface area (Å²) in [5.74, 6) is -0.800. The molecule has 0 atom stereocenters. The summed E-state index contributed by atoms with van der Waals surface area (Å²) in [6.45, 7) is 3.57. The van der Waals surface area contributed by atoms with E-state index in [1.165, 1.54) is 25.0 Å². The Balaban J connectivity index is 1.96. The van der Waals surface area contributed by atoms with Crippen molar-refractivity contribution >= 4 is 11.4 Å². The van der Waals surface area contributed by atoms with Crippen molar-refractivity contribution in [2.24, 2.45) is 0 Å². The minimum atomic E-state index is -0.800. The number of nitro groups is 1. The molecule has 1 aliphatic heterocycles. The molecule has 0 spiro atoms. The summed E-state index contributed by atoms with van der Waals surface area (Å²) in [7, 11) is 0. The third-order valence-electron chi connectivity index (χ3n) is 3.11. The van der Waals surface area contributed by atoms with E-state index in [1.54, 1.807) is 0 Å². The van der Waals surface area contributed by atoms with Crippen molar-refractivity contribution in [3.05, 3.63) is 34.1 Å². The maximum atomic E-state index is 13.3. The third kappa shape index (κ3) is 2.95. The molecule has 1 aromatic carbocycles. The highest BCUT2D eigenvalue weighted by atomic mass is 19.1. The fraction of sp³-hybridized carbons (Fsp3) is 0.500. The van der Waals surface area contributed by atoms with E-state index in [4.69, 9.17) is 0 Å². The van der Waals surface area contributed by atoms with E-state index < -0.39 is 16.4 Å². The molecule has 1 N–H and O–H groups in total. The van der Waals surface area contributed by atoms with Gasteiger partial charge in [-0.3, -0.25) is 10.1 Å². The molecule has 0 bridgehead atoms. The van der Waals surface area contributed by atoms with E-state index in [1.807, 2.05) is 0 Å². The average Bonchev–Trinajstić information content (AvgIpc) is 2.81. The molecule has 1 aromatic rings. The first-order valence-corrected chi connectivity index (χ1v) is 6.07. The number of para-hydroxylation sites is 1. The molecule has 0 radical (unpaired) electrons. The zero-order valence-electron chi connectivity index (χ0n) is 10.1. The third-order valence-corrected chi connectivity index (χ3v) is 3.11. The lowest BCUT2D eigenvalue weighted by Crippen LogP contribution is -2.26. The van der Waals surface area contributed by atoms with Gasteiger partial charge < -0.3 is 10.2 Å². The van der Waals surface area contributed by atoms with Gasteiger partial charge in [0.2, 0.25) is 5.82 Å². The second-order valence-corrected chi connectivity index (χ2v) is 4.37. The van der Waals surface area contributed by atoms with Crippen LogP contribution in [0.5, 0.6) is 0 Å². The largest absolute Gasteiger partial charge is 0.378 e. The first-order valence-electron chi connectivity index (χ1n) is 6.07. The maximum absolute atomic E-state index is 13.3. The highest BCUT2D eigenvalue weighted by molar-refractivity contribution is 5.61. The van der Waals surface area contributed by atoms with Crippen LogP contribution in [-0.2, 0) is 0 Å². The van der Waals surface area contributed by atoms with Crippen LogP contribution >= 0.6 is 0 Å². The number of nitrogens with one attached hydrogen (secondary N) is 1. The fourth-order valence-corrected chi connectivity index (χ4v) is 2.20. The first kappa shape index (κ1) is 12.8. The molecular formula is C12H16FN3O2. The summed E-state index contributed by atoms with van der Waals surface area (Å²) in [6.07, 6.45) is 2.42. The zero-order chi connectivity index (χ0) is 13.0. The van der Waals surface area contributed by atoms with Crippen LogP contribution in [0.4, 0.5) is 15.8 Å². The van der Waals surface area contributed by atoms with Crippen molar-refractivity contribution in [1.82, 2.24) is 4.90 Å². The predicted molar refractivity (Wildman–Crippen MR) is 67.2 cm³/mol. The van der Waals surface area contributed by atoms with E-state index in [0.717, 1.165) is 25.7 Å². The maximum Gasteiger partial charge on any atom is 0.327 e. The topological polar surface area (TPSA) is 58.4 Å². The Kier molecular flexibility index (Phi) is 4.09. The minimum Gasteiger partial charge on any atom is -0.378 e. The average molecular weight is 253 g/mol. The molecule has 0 aromatic heterocycles. The van der Waals surface area contributed by atoms with Crippen LogP contribution < -0.4 is 5.32 Å². The zero-order valence-corrected chi connectivity index (χ0v) is 10.1. The van der Waals surface area contributed by atoms with Crippen molar-refractivity contribution in [2.45, 2.75) is 12.8 Å². The molecule has 0 amide bonds. The van der Waals surface area contributed by atoms with Gasteiger partial charge in [-0.05, 0) is 38.1 Å². The summed E-state index contributed by atoms with van der Waals surface area (Å²) in [4.78, 5) is 12.4. The van der Waals surface area contributed by atoms with Gasteiger partial charge in [-0.25, -0.2) is 0 Å². The van der Waals surface area contributed by atoms with Crippen molar-refractivity contribution in [1.29, 1.82) is 0 Å². The van der Waals surface area contributed by atoms with E-state index in [9.17, 15) is 14.5 Å². The van der Waals surface area contributed by atoms with Crippen molar-refractivity contribution in [3.63, 3.8) is 0 Å². The molecule has 18 heavy (non-hydrogen) atoms. The number of likely N-dealkylation sites (tertiary alicyclic amines) is 1. The van der Waals surface area contributed by atoms with Crippen LogP contribution in [0.15, 0.2) is 18.2 Å². The van der Waals surface area contributed by atoms with Gasteiger partial charge in [0.1, 0.15) is 5.69 Å². The summed E-state index contributed by atoms with van der Waals surface area (Å²) >= 11 is 0. The molecule has 98 valence electrons. The standard InChI is InChI=1S/C12H16FN3O2/c13-10-4-3-5-11(12(10)16(17)18)14-6-9-15-7-1-2-8-15/h3-5,14H,1-2,6-9H2. The number of nitro benzene ring substituents is 1. The number of halogens is 1. The van der Waals surface area contributed by atoms with Gasteiger partial charge in [-0.1, -0.05) is 6.07 Å². The summed E-state index contributed by atoms with van der Waals surface area (Å²) in [5, 5.41) is 13.7. The van der Waals surface area contributed by atoms with E-state index >= 15 is 0 Å². The summed E-state index contributed by atoms with van der Waals surface area (Å²) in [6, 6.07) is 4.11. The Morgan fingerprint density at radius 1 is 1.39 bits per heavy atom. The molecule has 0 unspecified atom stereocenters. The van der Waals surface area contributed by atoms with Gasteiger partial charge in [0.25, 0.3) is 0 Å². The SMILES string of the molecule is O=[N+]([O-])c1c(F)cccc1NCCN1CCCC1. The van der Waals surface area contributed by atoms with Gasteiger partial charge in [0.15, 0.2) is 0 Å². The Bertz CT molecular complexity index is 433. The van der Waals surface area contributed by atoms with Crippen LogP contribution in [0, 0.1) is 15.9 Å². The molecule has 0 saturated carbocycles.